The van der Waals surface area contributed by atoms with Gasteiger partial charge in [0.1, 0.15) is 5.82 Å². The van der Waals surface area contributed by atoms with Crippen molar-refractivity contribution in [1.82, 2.24) is 4.98 Å². The fraction of sp³-hybridized carbons (Fsp3) is 0.500. The van der Waals surface area contributed by atoms with Crippen molar-refractivity contribution in [2.24, 2.45) is 16.8 Å². The van der Waals surface area contributed by atoms with E-state index in [1.807, 2.05) is 0 Å². The second kappa shape index (κ2) is 6.08. The summed E-state index contributed by atoms with van der Waals surface area (Å²) in [4.78, 5) is 6.34. The molecule has 7 heteroatoms. The van der Waals surface area contributed by atoms with E-state index >= 15 is 0 Å². The van der Waals surface area contributed by atoms with Crippen molar-refractivity contribution < 1.29 is 10.3 Å². The van der Waals surface area contributed by atoms with Gasteiger partial charge in [0.05, 0.1) is 5.02 Å². The van der Waals surface area contributed by atoms with Gasteiger partial charge in [-0.05, 0) is 24.8 Å². The third-order valence-corrected chi connectivity index (χ3v) is 3.75. The zero-order valence-corrected chi connectivity index (χ0v) is 11.2. The average Bonchev–Trinajstić information content (AvgIpc) is 2.87. The number of hydrogen-bond donors (Lipinski definition) is 3. The van der Waals surface area contributed by atoms with Crippen molar-refractivity contribution in [3.05, 3.63) is 22.8 Å². The lowest BCUT2D eigenvalue weighted by atomic mass is 10.1. The van der Waals surface area contributed by atoms with Gasteiger partial charge in [-0.25, -0.2) is 4.98 Å². The Morgan fingerprint density at radius 1 is 1.63 bits per heavy atom. The van der Waals surface area contributed by atoms with Gasteiger partial charge in [-0.3, -0.25) is 0 Å². The molecule has 0 aromatic carbocycles. The maximum Gasteiger partial charge on any atom is 0.171 e. The predicted octanol–water partition coefficient (Wildman–Crippen LogP) is 1.04. The van der Waals surface area contributed by atoms with Crippen LogP contribution in [-0.2, 0) is 0 Å². The van der Waals surface area contributed by atoms with Crippen LogP contribution >= 0.6 is 11.6 Å². The summed E-state index contributed by atoms with van der Waals surface area (Å²) in [5.41, 5.74) is 6.05. The van der Waals surface area contributed by atoms with Gasteiger partial charge < -0.3 is 20.9 Å². The Bertz CT molecular complexity index is 481. The Morgan fingerprint density at radius 2 is 2.42 bits per heavy atom. The Kier molecular flexibility index (Phi) is 4.44. The van der Waals surface area contributed by atoms with E-state index in [1.54, 1.807) is 12.3 Å². The molecule has 1 unspecified atom stereocenters. The van der Waals surface area contributed by atoms with Gasteiger partial charge in [0.25, 0.3) is 0 Å². The first-order chi connectivity index (χ1) is 9.17. The van der Waals surface area contributed by atoms with E-state index in [0.717, 1.165) is 25.9 Å². The van der Waals surface area contributed by atoms with Gasteiger partial charge in [-0.15, -0.1) is 0 Å². The summed E-state index contributed by atoms with van der Waals surface area (Å²) >= 11 is 6.26. The van der Waals surface area contributed by atoms with Crippen LogP contribution in [0.3, 0.4) is 0 Å². The number of rotatable bonds is 4. The average molecular weight is 285 g/mol. The number of aliphatic hydroxyl groups excluding tert-OH is 1. The molecule has 1 aliphatic heterocycles. The summed E-state index contributed by atoms with van der Waals surface area (Å²) in [6, 6.07) is 1.61. The van der Waals surface area contributed by atoms with Gasteiger partial charge in [0, 0.05) is 31.5 Å². The number of pyridine rings is 1. The lowest BCUT2D eigenvalue weighted by Gasteiger charge is -2.19. The van der Waals surface area contributed by atoms with Crippen molar-refractivity contribution >= 4 is 23.3 Å². The largest absolute Gasteiger partial charge is 0.409 e. The predicted molar refractivity (Wildman–Crippen MR) is 73.8 cm³/mol. The van der Waals surface area contributed by atoms with Gasteiger partial charge in [0.2, 0.25) is 0 Å². The summed E-state index contributed by atoms with van der Waals surface area (Å²) in [6.07, 6.45) is 3.38. The van der Waals surface area contributed by atoms with Gasteiger partial charge in [0.15, 0.2) is 5.84 Å². The lowest BCUT2D eigenvalue weighted by molar-refractivity contribution is 0.263. The van der Waals surface area contributed by atoms with Crippen molar-refractivity contribution in [1.29, 1.82) is 0 Å². The molecule has 4 N–H and O–H groups in total. The van der Waals surface area contributed by atoms with E-state index in [9.17, 15) is 0 Å². The van der Waals surface area contributed by atoms with Crippen LogP contribution in [0.5, 0.6) is 0 Å². The maximum atomic E-state index is 8.97. The Labute approximate surface area is 116 Å². The molecule has 2 rings (SSSR count). The Balaban J connectivity index is 2.22. The molecule has 2 heterocycles. The highest BCUT2D eigenvalue weighted by molar-refractivity contribution is 6.36. The molecule has 0 amide bonds. The van der Waals surface area contributed by atoms with Crippen LogP contribution in [0.25, 0.3) is 0 Å². The first kappa shape index (κ1) is 13.9. The molecular weight excluding hydrogens is 268 g/mol. The molecule has 1 atom stereocenters. The number of nitrogens with two attached hydrogens (primary N) is 1. The van der Waals surface area contributed by atoms with E-state index < -0.39 is 0 Å². The molecule has 0 saturated carbocycles. The molecule has 104 valence electrons. The third-order valence-electron chi connectivity index (χ3n) is 3.38. The quantitative estimate of drug-likeness (QED) is 0.332. The van der Waals surface area contributed by atoms with Crippen LogP contribution in [0.2, 0.25) is 5.02 Å². The monoisotopic (exact) mass is 284 g/mol. The van der Waals surface area contributed by atoms with Gasteiger partial charge >= 0.3 is 0 Å². The molecular formula is C12H17ClN4O2. The molecule has 1 aromatic rings. The van der Waals surface area contributed by atoms with E-state index in [1.165, 1.54) is 0 Å². The SMILES string of the molecule is N/C(=N/O)c1ccnc(N2CCC(CCO)C2)c1Cl. The van der Waals surface area contributed by atoms with Crippen LogP contribution in [0.1, 0.15) is 18.4 Å². The second-order valence-corrected chi connectivity index (χ2v) is 4.97. The minimum atomic E-state index is -0.0280. The standard InChI is InChI=1S/C12H17ClN4O2/c13-10-9(11(14)16-19)1-4-15-12(10)17-5-2-8(7-17)3-6-18/h1,4,8,18-19H,2-3,5-7H2,(H2,14,16). The Morgan fingerprint density at radius 3 is 3.11 bits per heavy atom. The topological polar surface area (TPSA) is 95.0 Å². The maximum absolute atomic E-state index is 8.97. The van der Waals surface area contributed by atoms with Crippen LogP contribution in [-0.4, -0.2) is 40.8 Å². The number of halogens is 1. The van der Waals surface area contributed by atoms with E-state index in [4.69, 9.17) is 27.6 Å². The summed E-state index contributed by atoms with van der Waals surface area (Å²) in [5, 5.41) is 21.0. The van der Waals surface area contributed by atoms with E-state index in [0.29, 0.717) is 22.3 Å². The molecule has 0 bridgehead atoms. The molecule has 0 spiro atoms. The third kappa shape index (κ3) is 2.90. The van der Waals surface area contributed by atoms with Crippen molar-refractivity contribution in [2.75, 3.05) is 24.6 Å². The summed E-state index contributed by atoms with van der Waals surface area (Å²) < 4.78 is 0. The fourth-order valence-corrected chi connectivity index (χ4v) is 2.68. The zero-order valence-electron chi connectivity index (χ0n) is 10.5. The number of anilines is 1. The number of hydrogen-bond acceptors (Lipinski definition) is 5. The minimum Gasteiger partial charge on any atom is -0.409 e. The molecule has 1 aliphatic rings. The van der Waals surface area contributed by atoms with E-state index in [-0.39, 0.29) is 12.4 Å². The minimum absolute atomic E-state index is 0.0280. The van der Waals surface area contributed by atoms with Crippen LogP contribution in [0.4, 0.5) is 5.82 Å². The van der Waals surface area contributed by atoms with Crippen LogP contribution in [0, 0.1) is 5.92 Å². The normalized spacial score (nSPS) is 20.0. The van der Waals surface area contributed by atoms with E-state index in [2.05, 4.69) is 15.0 Å². The highest BCUT2D eigenvalue weighted by Crippen LogP contribution is 2.31. The lowest BCUT2D eigenvalue weighted by Crippen LogP contribution is -2.23. The second-order valence-electron chi connectivity index (χ2n) is 4.59. The number of nitrogens with zero attached hydrogens (tertiary/aromatic N) is 3. The molecule has 1 saturated heterocycles. The molecule has 1 aromatic heterocycles. The highest BCUT2D eigenvalue weighted by Gasteiger charge is 2.25. The molecule has 19 heavy (non-hydrogen) atoms. The first-order valence-corrected chi connectivity index (χ1v) is 6.53. The van der Waals surface area contributed by atoms with Gasteiger partial charge in [-0.1, -0.05) is 16.8 Å². The van der Waals surface area contributed by atoms with Crippen molar-refractivity contribution in [3.8, 4) is 0 Å². The molecule has 0 aliphatic carbocycles. The highest BCUT2D eigenvalue weighted by atomic mass is 35.5. The van der Waals surface area contributed by atoms with Crippen LogP contribution < -0.4 is 10.6 Å². The summed E-state index contributed by atoms with van der Waals surface area (Å²) in [5.74, 6) is 1.07. The van der Waals surface area contributed by atoms with Crippen LogP contribution in [0.15, 0.2) is 17.4 Å². The molecule has 1 fully saturated rings. The first-order valence-electron chi connectivity index (χ1n) is 6.15. The Hall–Kier alpha value is -1.53. The summed E-state index contributed by atoms with van der Waals surface area (Å²) in [6.45, 7) is 1.85. The zero-order chi connectivity index (χ0) is 13.8. The smallest absolute Gasteiger partial charge is 0.171 e. The fourth-order valence-electron chi connectivity index (χ4n) is 2.35. The number of aliphatic hydroxyl groups is 1. The number of oxime groups is 1. The molecule has 0 radical (unpaired) electrons. The number of amidine groups is 1. The molecule has 6 nitrogen and oxygen atoms in total. The van der Waals surface area contributed by atoms with Crippen molar-refractivity contribution in [2.45, 2.75) is 12.8 Å². The van der Waals surface area contributed by atoms with Crippen molar-refractivity contribution in [3.63, 3.8) is 0 Å². The summed E-state index contributed by atoms with van der Waals surface area (Å²) in [7, 11) is 0. The number of aromatic nitrogens is 1. The van der Waals surface area contributed by atoms with Gasteiger partial charge in [-0.2, -0.15) is 0 Å².